The van der Waals surface area contributed by atoms with Crippen LogP contribution in [0.1, 0.15) is 42.6 Å². The van der Waals surface area contributed by atoms with E-state index in [-0.39, 0.29) is 23.8 Å². The first-order valence-electron chi connectivity index (χ1n) is 11.2. The maximum atomic E-state index is 13.2. The first-order chi connectivity index (χ1) is 16.0. The van der Waals surface area contributed by atoms with Crippen molar-refractivity contribution in [2.45, 2.75) is 44.2 Å². The van der Waals surface area contributed by atoms with E-state index < -0.39 is 6.04 Å². The SMILES string of the molecule is CO/N=C(\NC=O)C1CCCC1NC(=O)C(CCCN)NC(=O)c1cc2ccccc2n1C. The molecule has 1 saturated carbocycles. The third-order valence-electron chi connectivity index (χ3n) is 6.09. The number of nitrogens with one attached hydrogen (secondary N) is 3. The van der Waals surface area contributed by atoms with Gasteiger partial charge in [0.05, 0.1) is 0 Å². The van der Waals surface area contributed by atoms with E-state index in [1.54, 1.807) is 0 Å². The van der Waals surface area contributed by atoms with Crippen LogP contribution < -0.4 is 21.7 Å². The van der Waals surface area contributed by atoms with Gasteiger partial charge in [-0.3, -0.25) is 14.4 Å². The number of benzene rings is 1. The van der Waals surface area contributed by atoms with Gasteiger partial charge in [-0.1, -0.05) is 29.8 Å². The lowest BCUT2D eigenvalue weighted by Gasteiger charge is -2.25. The van der Waals surface area contributed by atoms with Crippen LogP contribution in [0.2, 0.25) is 0 Å². The van der Waals surface area contributed by atoms with Crippen LogP contribution in [-0.2, 0) is 21.5 Å². The third-order valence-corrected chi connectivity index (χ3v) is 6.09. The Morgan fingerprint density at radius 1 is 1.33 bits per heavy atom. The van der Waals surface area contributed by atoms with Crippen molar-refractivity contribution in [3.05, 3.63) is 36.0 Å². The molecule has 0 radical (unpaired) electrons. The van der Waals surface area contributed by atoms with E-state index in [1.807, 2.05) is 41.9 Å². The Hall–Kier alpha value is -3.40. The van der Waals surface area contributed by atoms with Gasteiger partial charge in [0.2, 0.25) is 12.3 Å². The summed E-state index contributed by atoms with van der Waals surface area (Å²) in [6.07, 6.45) is 3.91. The second-order valence-electron chi connectivity index (χ2n) is 8.18. The van der Waals surface area contributed by atoms with E-state index in [4.69, 9.17) is 10.6 Å². The Labute approximate surface area is 192 Å². The number of aromatic nitrogens is 1. The summed E-state index contributed by atoms with van der Waals surface area (Å²) in [7, 11) is 3.23. The molecule has 1 heterocycles. The van der Waals surface area contributed by atoms with E-state index in [9.17, 15) is 14.4 Å². The standard InChI is InChI=1S/C23H32N6O4/c1-29-19-11-4-3-7-15(19)13-20(29)23(32)27-18(10-6-12-24)22(31)26-17-9-5-8-16(17)21(25-14-30)28-33-2/h3-4,7,11,13-14,16-18H,5-6,8-10,12,24H2,1-2H3,(H,26,31)(H,27,32)(H,25,28,30). The molecule has 3 atom stereocenters. The van der Waals surface area contributed by atoms with Gasteiger partial charge in [-0.05, 0) is 44.4 Å². The molecule has 1 aliphatic rings. The number of amidine groups is 1. The van der Waals surface area contributed by atoms with Crippen LogP contribution >= 0.6 is 0 Å². The van der Waals surface area contributed by atoms with Crippen LogP contribution in [-0.4, -0.2) is 54.4 Å². The smallest absolute Gasteiger partial charge is 0.268 e. The number of carbonyl (C=O) groups is 3. The molecule has 0 bridgehead atoms. The summed E-state index contributed by atoms with van der Waals surface area (Å²) in [5.41, 5.74) is 7.08. The van der Waals surface area contributed by atoms with Gasteiger partial charge < -0.3 is 31.1 Å². The highest BCUT2D eigenvalue weighted by Crippen LogP contribution is 2.27. The minimum absolute atomic E-state index is 0.178. The molecule has 1 fully saturated rings. The molecule has 1 aliphatic carbocycles. The van der Waals surface area contributed by atoms with Gasteiger partial charge in [0.15, 0.2) is 5.84 Å². The summed E-state index contributed by atoms with van der Waals surface area (Å²) in [4.78, 5) is 42.0. The predicted octanol–water partition coefficient (Wildman–Crippen LogP) is 1.01. The van der Waals surface area contributed by atoms with Crippen molar-refractivity contribution >= 4 is 35.0 Å². The average molecular weight is 457 g/mol. The molecule has 10 heteroatoms. The van der Waals surface area contributed by atoms with Gasteiger partial charge >= 0.3 is 0 Å². The molecule has 1 aromatic heterocycles. The average Bonchev–Trinajstić information content (AvgIpc) is 3.40. The number of carbonyl (C=O) groups excluding carboxylic acids is 3. The zero-order valence-electron chi connectivity index (χ0n) is 19.0. The number of fused-ring (bicyclic) bond motifs is 1. The Kier molecular flexibility index (Phi) is 8.42. The van der Waals surface area contributed by atoms with Crippen molar-refractivity contribution in [1.82, 2.24) is 20.5 Å². The normalized spacial score (nSPS) is 19.2. The number of hydrogen-bond acceptors (Lipinski definition) is 6. The van der Waals surface area contributed by atoms with Crippen molar-refractivity contribution in [3.63, 3.8) is 0 Å². The van der Waals surface area contributed by atoms with Crippen molar-refractivity contribution in [2.75, 3.05) is 13.7 Å². The number of oxime groups is 1. The number of aryl methyl sites for hydroxylation is 1. The van der Waals surface area contributed by atoms with Gasteiger partial charge in [0.25, 0.3) is 5.91 Å². The summed E-state index contributed by atoms with van der Waals surface area (Å²) < 4.78 is 1.81. The summed E-state index contributed by atoms with van der Waals surface area (Å²) in [5, 5.41) is 13.3. The van der Waals surface area contributed by atoms with Crippen LogP contribution in [0.5, 0.6) is 0 Å². The summed E-state index contributed by atoms with van der Waals surface area (Å²) >= 11 is 0. The van der Waals surface area contributed by atoms with Crippen LogP contribution in [0.4, 0.5) is 0 Å². The third kappa shape index (κ3) is 5.70. The Morgan fingerprint density at radius 3 is 2.82 bits per heavy atom. The highest BCUT2D eigenvalue weighted by molar-refractivity contribution is 6.01. The van der Waals surface area contributed by atoms with Crippen LogP contribution in [0.25, 0.3) is 10.9 Å². The number of rotatable bonds is 10. The second-order valence-corrected chi connectivity index (χ2v) is 8.18. The molecule has 2 aromatic rings. The largest absolute Gasteiger partial charge is 0.398 e. The Bertz CT molecular complexity index is 1020. The lowest BCUT2D eigenvalue weighted by Crippen LogP contribution is -2.52. The quantitative estimate of drug-likeness (QED) is 0.183. The minimum Gasteiger partial charge on any atom is -0.398 e. The molecule has 3 amide bonds. The van der Waals surface area contributed by atoms with E-state index >= 15 is 0 Å². The van der Waals surface area contributed by atoms with Gasteiger partial charge in [-0.2, -0.15) is 0 Å². The molecule has 5 N–H and O–H groups in total. The molecule has 178 valence electrons. The maximum absolute atomic E-state index is 13.2. The van der Waals surface area contributed by atoms with Gasteiger partial charge in [-0.25, -0.2) is 0 Å². The molecule has 0 saturated heterocycles. The topological polar surface area (TPSA) is 140 Å². The molecular formula is C23H32N6O4. The number of nitrogens with two attached hydrogens (primary N) is 1. The summed E-state index contributed by atoms with van der Waals surface area (Å²) in [5.74, 6) is -0.398. The fourth-order valence-corrected chi connectivity index (χ4v) is 4.43. The van der Waals surface area contributed by atoms with E-state index in [0.717, 1.165) is 30.2 Å². The van der Waals surface area contributed by atoms with E-state index in [2.05, 4.69) is 21.1 Å². The molecule has 10 nitrogen and oxygen atoms in total. The van der Waals surface area contributed by atoms with Crippen molar-refractivity contribution in [2.24, 2.45) is 23.9 Å². The van der Waals surface area contributed by atoms with Gasteiger partial charge in [-0.15, -0.1) is 0 Å². The molecule has 0 spiro atoms. The van der Waals surface area contributed by atoms with Crippen molar-refractivity contribution in [3.8, 4) is 0 Å². The van der Waals surface area contributed by atoms with Crippen molar-refractivity contribution in [1.29, 1.82) is 0 Å². The molecule has 3 unspecified atom stereocenters. The highest BCUT2D eigenvalue weighted by atomic mass is 16.6. The molecule has 33 heavy (non-hydrogen) atoms. The lowest BCUT2D eigenvalue weighted by molar-refractivity contribution is -0.124. The molecule has 0 aliphatic heterocycles. The van der Waals surface area contributed by atoms with Crippen LogP contribution in [0.15, 0.2) is 35.5 Å². The highest BCUT2D eigenvalue weighted by Gasteiger charge is 2.35. The zero-order chi connectivity index (χ0) is 23.8. The first-order valence-corrected chi connectivity index (χ1v) is 11.2. The lowest BCUT2D eigenvalue weighted by atomic mass is 10.0. The van der Waals surface area contributed by atoms with Crippen LogP contribution in [0, 0.1) is 5.92 Å². The summed E-state index contributed by atoms with van der Waals surface area (Å²) in [6.45, 7) is 0.410. The predicted molar refractivity (Wildman–Crippen MR) is 125 cm³/mol. The maximum Gasteiger partial charge on any atom is 0.268 e. The fourth-order valence-electron chi connectivity index (χ4n) is 4.43. The molecule has 3 rings (SSSR count). The monoisotopic (exact) mass is 456 g/mol. The minimum atomic E-state index is -0.734. The molecule has 1 aromatic carbocycles. The number of para-hydroxylation sites is 1. The van der Waals surface area contributed by atoms with Crippen molar-refractivity contribution < 1.29 is 19.2 Å². The van der Waals surface area contributed by atoms with Crippen LogP contribution in [0.3, 0.4) is 0 Å². The van der Waals surface area contributed by atoms with Gasteiger partial charge in [0.1, 0.15) is 18.8 Å². The number of hydrogen-bond donors (Lipinski definition) is 4. The number of amides is 3. The Balaban J connectivity index is 1.74. The van der Waals surface area contributed by atoms with E-state index in [1.165, 1.54) is 7.11 Å². The zero-order valence-corrected chi connectivity index (χ0v) is 19.0. The van der Waals surface area contributed by atoms with Gasteiger partial charge in [0, 0.05) is 29.9 Å². The first kappa shape index (κ1) is 24.2. The van der Waals surface area contributed by atoms with E-state index in [0.29, 0.717) is 37.3 Å². The fraction of sp³-hybridized carbons (Fsp3) is 0.478. The summed E-state index contributed by atoms with van der Waals surface area (Å²) in [6, 6.07) is 8.57. The molecular weight excluding hydrogens is 424 g/mol. The number of nitrogens with zero attached hydrogens (tertiary/aromatic N) is 2. The second kappa shape index (κ2) is 11.5. The Morgan fingerprint density at radius 2 is 2.12 bits per heavy atom.